The zero-order chi connectivity index (χ0) is 10.7. The molecule has 0 aromatic carbocycles. The van der Waals surface area contributed by atoms with Crippen molar-refractivity contribution in [3.05, 3.63) is 21.9 Å². The fourth-order valence-corrected chi connectivity index (χ4v) is 3.03. The van der Waals surface area contributed by atoms with Gasteiger partial charge in [-0.15, -0.1) is 11.3 Å². The fraction of sp³-hybridized carbons (Fsp3) is 0.667. The Bertz CT molecular complexity index is 308. The summed E-state index contributed by atoms with van der Waals surface area (Å²) in [5.74, 6) is 0. The SMILES string of the molecule is CCC1CN(Cc2sccc2C)CCN1. The van der Waals surface area contributed by atoms with Crippen LogP contribution in [0.4, 0.5) is 0 Å². The van der Waals surface area contributed by atoms with Gasteiger partial charge in [0.15, 0.2) is 0 Å². The van der Waals surface area contributed by atoms with E-state index in [0.717, 1.165) is 13.1 Å². The number of hydrogen-bond donors (Lipinski definition) is 1. The maximum atomic E-state index is 3.55. The second-order valence-corrected chi connectivity index (χ2v) is 5.32. The average molecular weight is 224 g/mol. The molecule has 0 aliphatic carbocycles. The van der Waals surface area contributed by atoms with Crippen molar-refractivity contribution in [2.45, 2.75) is 32.9 Å². The van der Waals surface area contributed by atoms with Crippen molar-refractivity contribution in [1.29, 1.82) is 0 Å². The summed E-state index contributed by atoms with van der Waals surface area (Å²) in [7, 11) is 0. The highest BCUT2D eigenvalue weighted by Gasteiger charge is 2.18. The van der Waals surface area contributed by atoms with Crippen molar-refractivity contribution in [1.82, 2.24) is 10.2 Å². The molecule has 1 unspecified atom stereocenters. The first-order chi connectivity index (χ1) is 7.29. The highest BCUT2D eigenvalue weighted by molar-refractivity contribution is 7.10. The van der Waals surface area contributed by atoms with Crippen molar-refractivity contribution in [3.63, 3.8) is 0 Å². The Balaban J connectivity index is 1.92. The normalized spacial score (nSPS) is 23.2. The van der Waals surface area contributed by atoms with Crippen LogP contribution in [0, 0.1) is 6.92 Å². The van der Waals surface area contributed by atoms with Gasteiger partial charge in [0.1, 0.15) is 0 Å². The zero-order valence-corrected chi connectivity index (χ0v) is 10.4. The first-order valence-corrected chi connectivity index (χ1v) is 6.66. The Hall–Kier alpha value is -0.380. The number of nitrogens with zero attached hydrogens (tertiary/aromatic N) is 1. The molecule has 1 N–H and O–H groups in total. The van der Waals surface area contributed by atoms with E-state index >= 15 is 0 Å². The molecule has 1 aliphatic heterocycles. The summed E-state index contributed by atoms with van der Waals surface area (Å²) in [6.07, 6.45) is 1.24. The Labute approximate surface area is 96.3 Å². The average Bonchev–Trinajstić information content (AvgIpc) is 2.65. The van der Waals surface area contributed by atoms with Gasteiger partial charge in [-0.05, 0) is 30.4 Å². The molecule has 1 atom stereocenters. The summed E-state index contributed by atoms with van der Waals surface area (Å²) in [5, 5.41) is 5.75. The van der Waals surface area contributed by atoms with E-state index < -0.39 is 0 Å². The second-order valence-electron chi connectivity index (χ2n) is 4.32. The van der Waals surface area contributed by atoms with E-state index in [2.05, 4.69) is 35.5 Å². The first kappa shape index (κ1) is 11.1. The van der Waals surface area contributed by atoms with E-state index in [1.165, 1.54) is 30.0 Å². The third kappa shape index (κ3) is 2.80. The van der Waals surface area contributed by atoms with Crippen LogP contribution < -0.4 is 5.32 Å². The molecule has 15 heavy (non-hydrogen) atoms. The largest absolute Gasteiger partial charge is 0.311 e. The molecule has 0 bridgehead atoms. The zero-order valence-electron chi connectivity index (χ0n) is 9.62. The standard InChI is InChI=1S/C12H20N2S/c1-3-11-8-14(6-5-13-11)9-12-10(2)4-7-15-12/h4,7,11,13H,3,5-6,8-9H2,1-2H3. The van der Waals surface area contributed by atoms with Gasteiger partial charge in [0.05, 0.1) is 0 Å². The minimum Gasteiger partial charge on any atom is -0.311 e. The predicted octanol–water partition coefficient (Wildman–Crippen LogP) is 2.24. The summed E-state index contributed by atoms with van der Waals surface area (Å²) in [6.45, 7) is 9.15. The van der Waals surface area contributed by atoms with E-state index in [9.17, 15) is 0 Å². The van der Waals surface area contributed by atoms with Gasteiger partial charge in [0.2, 0.25) is 0 Å². The van der Waals surface area contributed by atoms with Crippen LogP contribution in [-0.2, 0) is 6.54 Å². The number of hydrogen-bond acceptors (Lipinski definition) is 3. The Morgan fingerprint density at radius 3 is 3.13 bits per heavy atom. The van der Waals surface area contributed by atoms with Crippen molar-refractivity contribution in [2.24, 2.45) is 0 Å². The molecule has 2 rings (SSSR count). The van der Waals surface area contributed by atoms with Crippen LogP contribution in [0.1, 0.15) is 23.8 Å². The Morgan fingerprint density at radius 1 is 1.60 bits per heavy atom. The minimum atomic E-state index is 0.694. The van der Waals surface area contributed by atoms with Gasteiger partial charge in [0, 0.05) is 37.1 Å². The number of thiophene rings is 1. The van der Waals surface area contributed by atoms with Crippen molar-refractivity contribution in [3.8, 4) is 0 Å². The molecule has 2 heterocycles. The lowest BCUT2D eigenvalue weighted by Gasteiger charge is -2.33. The van der Waals surface area contributed by atoms with Gasteiger partial charge in [0.25, 0.3) is 0 Å². The van der Waals surface area contributed by atoms with Crippen LogP contribution >= 0.6 is 11.3 Å². The third-order valence-electron chi connectivity index (χ3n) is 3.17. The monoisotopic (exact) mass is 224 g/mol. The Morgan fingerprint density at radius 2 is 2.47 bits per heavy atom. The molecule has 1 fully saturated rings. The number of rotatable bonds is 3. The van der Waals surface area contributed by atoms with Gasteiger partial charge >= 0.3 is 0 Å². The van der Waals surface area contributed by atoms with E-state index in [1.54, 1.807) is 0 Å². The molecule has 0 saturated carbocycles. The molecule has 1 saturated heterocycles. The van der Waals surface area contributed by atoms with Crippen LogP contribution in [0.3, 0.4) is 0 Å². The minimum absolute atomic E-state index is 0.694. The molecule has 0 amide bonds. The maximum absolute atomic E-state index is 3.55. The molecule has 1 aromatic heterocycles. The summed E-state index contributed by atoms with van der Waals surface area (Å²) in [6, 6.07) is 2.92. The molecule has 0 spiro atoms. The second kappa shape index (κ2) is 5.10. The van der Waals surface area contributed by atoms with Crippen LogP contribution in [0.5, 0.6) is 0 Å². The molecule has 1 aliphatic rings. The number of nitrogens with one attached hydrogen (secondary N) is 1. The number of aryl methyl sites for hydroxylation is 1. The van der Waals surface area contributed by atoms with Gasteiger partial charge in [-0.3, -0.25) is 4.90 Å². The van der Waals surface area contributed by atoms with Gasteiger partial charge in [-0.25, -0.2) is 0 Å². The van der Waals surface area contributed by atoms with Gasteiger partial charge in [-0.1, -0.05) is 6.92 Å². The molecule has 0 radical (unpaired) electrons. The number of piperazine rings is 1. The summed E-state index contributed by atoms with van der Waals surface area (Å²) in [5.41, 5.74) is 1.45. The summed E-state index contributed by atoms with van der Waals surface area (Å²) in [4.78, 5) is 4.11. The molecule has 84 valence electrons. The quantitative estimate of drug-likeness (QED) is 0.847. The molecule has 3 heteroatoms. The molecule has 2 nitrogen and oxygen atoms in total. The lowest BCUT2D eigenvalue weighted by atomic mass is 10.1. The molecular weight excluding hydrogens is 204 g/mol. The molecular formula is C12H20N2S. The third-order valence-corrected chi connectivity index (χ3v) is 4.18. The Kier molecular flexibility index (Phi) is 3.78. The van der Waals surface area contributed by atoms with Crippen LogP contribution in [0.15, 0.2) is 11.4 Å². The van der Waals surface area contributed by atoms with Crippen LogP contribution in [0.2, 0.25) is 0 Å². The lowest BCUT2D eigenvalue weighted by molar-refractivity contribution is 0.191. The maximum Gasteiger partial charge on any atom is 0.0331 e. The topological polar surface area (TPSA) is 15.3 Å². The first-order valence-electron chi connectivity index (χ1n) is 5.78. The summed E-state index contributed by atoms with van der Waals surface area (Å²) >= 11 is 1.89. The van der Waals surface area contributed by atoms with Gasteiger partial charge < -0.3 is 5.32 Å². The summed E-state index contributed by atoms with van der Waals surface area (Å²) < 4.78 is 0. The van der Waals surface area contributed by atoms with Crippen molar-refractivity contribution < 1.29 is 0 Å². The van der Waals surface area contributed by atoms with Crippen molar-refractivity contribution >= 4 is 11.3 Å². The van der Waals surface area contributed by atoms with E-state index in [1.807, 2.05) is 11.3 Å². The predicted molar refractivity (Wildman–Crippen MR) is 66.4 cm³/mol. The smallest absolute Gasteiger partial charge is 0.0331 e. The van der Waals surface area contributed by atoms with Crippen LogP contribution in [-0.4, -0.2) is 30.6 Å². The molecule has 1 aromatic rings. The lowest BCUT2D eigenvalue weighted by Crippen LogP contribution is -2.49. The van der Waals surface area contributed by atoms with E-state index in [0.29, 0.717) is 6.04 Å². The fourth-order valence-electron chi connectivity index (χ4n) is 2.08. The van der Waals surface area contributed by atoms with Crippen LogP contribution in [0.25, 0.3) is 0 Å². The van der Waals surface area contributed by atoms with E-state index in [-0.39, 0.29) is 0 Å². The van der Waals surface area contributed by atoms with E-state index in [4.69, 9.17) is 0 Å². The highest BCUT2D eigenvalue weighted by Crippen LogP contribution is 2.18. The highest BCUT2D eigenvalue weighted by atomic mass is 32.1. The van der Waals surface area contributed by atoms with Gasteiger partial charge in [-0.2, -0.15) is 0 Å². The van der Waals surface area contributed by atoms with Crippen molar-refractivity contribution in [2.75, 3.05) is 19.6 Å².